The van der Waals surface area contributed by atoms with Crippen molar-refractivity contribution in [3.63, 3.8) is 0 Å². The van der Waals surface area contributed by atoms with E-state index in [1.807, 2.05) is 12.1 Å². The molecule has 1 amide bonds. The number of aromatic nitrogens is 3. The zero-order valence-corrected chi connectivity index (χ0v) is 13.9. The van der Waals surface area contributed by atoms with Crippen LogP contribution in [0.5, 0.6) is 0 Å². The number of likely N-dealkylation sites (N-methyl/N-ethyl adjacent to an activating group) is 1. The first-order valence-corrected chi connectivity index (χ1v) is 7.84. The van der Waals surface area contributed by atoms with Gasteiger partial charge in [-0.05, 0) is 37.5 Å². The van der Waals surface area contributed by atoms with Gasteiger partial charge in [0.1, 0.15) is 17.3 Å². The fourth-order valence-electron chi connectivity index (χ4n) is 2.16. The Bertz CT molecular complexity index is 645. The van der Waals surface area contributed by atoms with Crippen LogP contribution < -0.4 is 5.32 Å². The Balaban J connectivity index is 2.02. The van der Waals surface area contributed by atoms with Gasteiger partial charge in [-0.15, -0.1) is 0 Å². The number of hydrogen-bond donors (Lipinski definition) is 1. The number of hydrogen-bond acceptors (Lipinski definition) is 5. The summed E-state index contributed by atoms with van der Waals surface area (Å²) in [6.45, 7) is 5.33. The van der Waals surface area contributed by atoms with Crippen LogP contribution >= 0.6 is 0 Å². The van der Waals surface area contributed by atoms with Crippen LogP contribution in [0.25, 0.3) is 0 Å². The van der Waals surface area contributed by atoms with Crippen molar-refractivity contribution in [2.24, 2.45) is 0 Å². The molecule has 2 aromatic heterocycles. The van der Waals surface area contributed by atoms with Crippen molar-refractivity contribution in [1.29, 1.82) is 0 Å². The van der Waals surface area contributed by atoms with E-state index in [9.17, 15) is 4.79 Å². The van der Waals surface area contributed by atoms with E-state index in [2.05, 4.69) is 27.2 Å². The maximum atomic E-state index is 12.5. The maximum Gasteiger partial charge on any atom is 0.272 e. The number of amides is 1. The smallest absolute Gasteiger partial charge is 0.272 e. The minimum absolute atomic E-state index is 0.0934. The van der Waals surface area contributed by atoms with Crippen molar-refractivity contribution < 1.29 is 4.79 Å². The van der Waals surface area contributed by atoms with Crippen molar-refractivity contribution in [3.8, 4) is 0 Å². The predicted octanol–water partition coefficient (Wildman–Crippen LogP) is 2.32. The molecule has 0 aliphatic carbocycles. The molecule has 0 saturated carbocycles. The van der Waals surface area contributed by atoms with Crippen LogP contribution in [0, 0.1) is 6.92 Å². The highest BCUT2D eigenvalue weighted by molar-refractivity contribution is 5.92. The Labute approximate surface area is 137 Å². The first kappa shape index (κ1) is 16.9. The van der Waals surface area contributed by atoms with Crippen molar-refractivity contribution >= 4 is 11.7 Å². The van der Waals surface area contributed by atoms with Crippen LogP contribution in [0.4, 0.5) is 5.82 Å². The molecule has 0 atom stereocenters. The third kappa shape index (κ3) is 5.02. The second-order valence-electron chi connectivity index (χ2n) is 5.44. The average molecular weight is 313 g/mol. The van der Waals surface area contributed by atoms with Gasteiger partial charge in [-0.25, -0.2) is 9.97 Å². The summed E-state index contributed by atoms with van der Waals surface area (Å²) >= 11 is 0. The van der Waals surface area contributed by atoms with Crippen molar-refractivity contribution in [3.05, 3.63) is 47.7 Å². The zero-order valence-electron chi connectivity index (χ0n) is 13.9. The molecule has 2 heterocycles. The van der Waals surface area contributed by atoms with Gasteiger partial charge < -0.3 is 10.2 Å². The Kier molecular flexibility index (Phi) is 6.02. The molecule has 0 unspecified atom stereocenters. The van der Waals surface area contributed by atoms with Gasteiger partial charge in [0.2, 0.25) is 0 Å². The van der Waals surface area contributed by atoms with Gasteiger partial charge in [-0.2, -0.15) is 0 Å². The summed E-state index contributed by atoms with van der Waals surface area (Å²) in [6, 6.07) is 5.63. The second kappa shape index (κ2) is 8.22. The first-order chi connectivity index (χ1) is 11.1. The summed E-state index contributed by atoms with van der Waals surface area (Å²) in [4.78, 5) is 26.8. The fourth-order valence-corrected chi connectivity index (χ4v) is 2.16. The molecule has 0 bridgehead atoms. The van der Waals surface area contributed by atoms with Gasteiger partial charge in [0.25, 0.3) is 5.91 Å². The van der Waals surface area contributed by atoms with Crippen LogP contribution in [0.1, 0.15) is 35.2 Å². The van der Waals surface area contributed by atoms with E-state index >= 15 is 0 Å². The zero-order chi connectivity index (χ0) is 16.7. The lowest BCUT2D eigenvalue weighted by molar-refractivity contribution is 0.0790. The molecular formula is C17H23N5O. The summed E-state index contributed by atoms with van der Waals surface area (Å²) in [7, 11) is 1.79. The van der Waals surface area contributed by atoms with Crippen molar-refractivity contribution in [1.82, 2.24) is 19.9 Å². The Hall–Kier alpha value is -2.50. The molecule has 0 radical (unpaired) electrons. The minimum atomic E-state index is -0.0934. The number of pyridine rings is 1. The molecule has 2 rings (SSSR count). The Morgan fingerprint density at radius 2 is 2.00 bits per heavy atom. The van der Waals surface area contributed by atoms with Crippen LogP contribution in [-0.4, -0.2) is 45.9 Å². The van der Waals surface area contributed by atoms with Gasteiger partial charge in [0.05, 0.1) is 0 Å². The molecule has 0 aliphatic rings. The van der Waals surface area contributed by atoms with Gasteiger partial charge >= 0.3 is 0 Å². The topological polar surface area (TPSA) is 71.0 Å². The van der Waals surface area contributed by atoms with E-state index in [0.29, 0.717) is 23.9 Å². The van der Waals surface area contributed by atoms with E-state index in [-0.39, 0.29) is 5.91 Å². The summed E-state index contributed by atoms with van der Waals surface area (Å²) in [5.74, 6) is 1.20. The van der Waals surface area contributed by atoms with Crippen molar-refractivity contribution in [2.45, 2.75) is 26.7 Å². The van der Waals surface area contributed by atoms with E-state index in [4.69, 9.17) is 0 Å². The normalized spacial score (nSPS) is 10.4. The summed E-state index contributed by atoms with van der Waals surface area (Å²) in [6.07, 6.45) is 5.31. The molecule has 0 saturated heterocycles. The standard InChI is InChI=1S/C17H23N5O/c1-4-8-19-16-12-15(20-13(2)21-16)17(23)22(3)11-7-14-5-9-18-10-6-14/h5-6,9-10,12H,4,7-8,11H2,1-3H3,(H,19,20,21). The molecule has 2 aromatic rings. The van der Waals surface area contributed by atoms with Crippen molar-refractivity contribution in [2.75, 3.05) is 25.5 Å². The molecule has 0 fully saturated rings. The van der Waals surface area contributed by atoms with Crippen LogP contribution in [0.2, 0.25) is 0 Å². The van der Waals surface area contributed by atoms with Crippen LogP contribution in [0.15, 0.2) is 30.6 Å². The van der Waals surface area contributed by atoms with Gasteiger partial charge in [-0.3, -0.25) is 9.78 Å². The number of rotatable bonds is 7. The molecule has 0 aromatic carbocycles. The number of nitrogens with zero attached hydrogens (tertiary/aromatic N) is 4. The Morgan fingerprint density at radius 1 is 1.26 bits per heavy atom. The molecule has 6 nitrogen and oxygen atoms in total. The number of carbonyl (C=O) groups is 1. The lowest BCUT2D eigenvalue weighted by Gasteiger charge is -2.17. The largest absolute Gasteiger partial charge is 0.370 e. The lowest BCUT2D eigenvalue weighted by atomic mass is 10.2. The number of nitrogens with one attached hydrogen (secondary N) is 1. The van der Waals surface area contributed by atoms with E-state index in [0.717, 1.165) is 24.9 Å². The summed E-state index contributed by atoms with van der Waals surface area (Å²) in [5, 5.41) is 3.20. The highest BCUT2D eigenvalue weighted by Gasteiger charge is 2.15. The molecule has 0 spiro atoms. The highest BCUT2D eigenvalue weighted by atomic mass is 16.2. The molecule has 0 aliphatic heterocycles. The molecule has 1 N–H and O–H groups in total. The third-order valence-corrected chi connectivity index (χ3v) is 3.45. The van der Waals surface area contributed by atoms with Gasteiger partial charge in [0, 0.05) is 38.6 Å². The maximum absolute atomic E-state index is 12.5. The second-order valence-corrected chi connectivity index (χ2v) is 5.44. The quantitative estimate of drug-likeness (QED) is 0.849. The predicted molar refractivity (Wildman–Crippen MR) is 90.5 cm³/mol. The molecule has 122 valence electrons. The fraction of sp³-hybridized carbons (Fsp3) is 0.412. The Morgan fingerprint density at radius 3 is 2.70 bits per heavy atom. The summed E-state index contributed by atoms with van der Waals surface area (Å²) in [5.41, 5.74) is 1.58. The van der Waals surface area contributed by atoms with Gasteiger partial charge in [0.15, 0.2) is 0 Å². The molecule has 23 heavy (non-hydrogen) atoms. The minimum Gasteiger partial charge on any atom is -0.370 e. The average Bonchev–Trinajstić information content (AvgIpc) is 2.57. The SMILES string of the molecule is CCCNc1cc(C(=O)N(C)CCc2ccncc2)nc(C)n1. The highest BCUT2D eigenvalue weighted by Crippen LogP contribution is 2.09. The van der Waals surface area contributed by atoms with E-state index < -0.39 is 0 Å². The summed E-state index contributed by atoms with van der Waals surface area (Å²) < 4.78 is 0. The van der Waals surface area contributed by atoms with Crippen LogP contribution in [-0.2, 0) is 6.42 Å². The van der Waals surface area contributed by atoms with Crippen LogP contribution in [0.3, 0.4) is 0 Å². The van der Waals surface area contributed by atoms with E-state index in [1.165, 1.54) is 0 Å². The first-order valence-electron chi connectivity index (χ1n) is 7.84. The molecular weight excluding hydrogens is 290 g/mol. The molecule has 6 heteroatoms. The van der Waals surface area contributed by atoms with Gasteiger partial charge in [-0.1, -0.05) is 6.92 Å². The number of anilines is 1. The third-order valence-electron chi connectivity index (χ3n) is 3.45. The van der Waals surface area contributed by atoms with E-state index in [1.54, 1.807) is 37.3 Å². The number of carbonyl (C=O) groups excluding carboxylic acids is 1. The monoisotopic (exact) mass is 313 g/mol. The lowest BCUT2D eigenvalue weighted by Crippen LogP contribution is -2.30. The number of aryl methyl sites for hydroxylation is 1.